The van der Waals surface area contributed by atoms with Gasteiger partial charge in [-0.05, 0) is 24.3 Å². The van der Waals surface area contributed by atoms with E-state index in [-0.39, 0.29) is 60.1 Å². The van der Waals surface area contributed by atoms with E-state index in [0.717, 1.165) is 0 Å². The molecule has 0 heterocycles. The lowest BCUT2D eigenvalue weighted by Gasteiger charge is -2.24. The summed E-state index contributed by atoms with van der Waals surface area (Å²) in [4.78, 5) is 27.3. The Bertz CT molecular complexity index is 826. The van der Waals surface area contributed by atoms with Crippen LogP contribution >= 0.6 is 25.3 Å². The van der Waals surface area contributed by atoms with Gasteiger partial charge in [0.15, 0.2) is 11.6 Å². The maximum Gasteiger partial charge on any atom is 0.196 e. The molecule has 0 unspecified atom stereocenters. The molecule has 4 N–H and O–H groups in total. The monoisotopic (exact) mass is 390 g/mol. The molecule has 2 aromatic carbocycles. The molecule has 1 aliphatic carbocycles. The molecule has 0 saturated heterocycles. The number of thiol groups is 2. The smallest absolute Gasteiger partial charge is 0.196 e. The van der Waals surface area contributed by atoms with Crippen LogP contribution in [0, 0.1) is 0 Å². The number of aliphatic hydroxyl groups is 2. The Morgan fingerprint density at radius 1 is 0.731 bits per heavy atom. The molecule has 0 saturated carbocycles. The highest BCUT2D eigenvalue weighted by molar-refractivity contribution is 7.80. The Labute approximate surface area is 161 Å². The van der Waals surface area contributed by atoms with Gasteiger partial charge >= 0.3 is 0 Å². The number of fused-ring (bicyclic) bond motifs is 2. The average Bonchev–Trinajstić information content (AvgIpc) is 2.61. The van der Waals surface area contributed by atoms with Crippen LogP contribution in [0.4, 0.5) is 11.4 Å². The maximum absolute atomic E-state index is 13.1. The molecule has 0 aliphatic heterocycles. The molecule has 2 aromatic rings. The summed E-state index contributed by atoms with van der Waals surface area (Å²) < 4.78 is 0. The SMILES string of the molecule is O=C1c2cc(S)cc(NCCO)c2C(=O)c2cc(S)cc(NCCO)c21. The van der Waals surface area contributed by atoms with Crippen LogP contribution in [0.15, 0.2) is 34.1 Å². The van der Waals surface area contributed by atoms with E-state index in [1.165, 1.54) is 0 Å². The van der Waals surface area contributed by atoms with Crippen LogP contribution in [-0.4, -0.2) is 48.1 Å². The van der Waals surface area contributed by atoms with Gasteiger partial charge in [-0.15, -0.1) is 25.3 Å². The Morgan fingerprint density at radius 2 is 1.12 bits per heavy atom. The number of carbonyl (C=O) groups is 2. The van der Waals surface area contributed by atoms with Gasteiger partial charge in [-0.3, -0.25) is 9.59 Å². The molecule has 0 bridgehead atoms. The Hall–Kier alpha value is -2.00. The highest BCUT2D eigenvalue weighted by atomic mass is 32.1. The number of benzene rings is 2. The lowest BCUT2D eigenvalue weighted by Crippen LogP contribution is -2.25. The minimum atomic E-state index is -0.300. The molecule has 0 amide bonds. The lowest BCUT2D eigenvalue weighted by molar-refractivity contribution is 0.0979. The standard InChI is InChI=1S/C18H18N2O4S2/c21-3-1-19-13-7-9(25)5-11-15(13)17(23)12-6-10(26)8-14(20-2-4-22)16(12)18(11)24/h5-8,19-22,25-26H,1-4H2. The summed E-state index contributed by atoms with van der Waals surface area (Å²) in [6.07, 6.45) is 0. The largest absolute Gasteiger partial charge is 0.395 e. The maximum atomic E-state index is 13.1. The lowest BCUT2D eigenvalue weighted by atomic mass is 9.82. The fourth-order valence-corrected chi connectivity index (χ4v) is 3.55. The third-order valence-corrected chi connectivity index (χ3v) is 4.56. The first-order valence-corrected chi connectivity index (χ1v) is 8.90. The van der Waals surface area contributed by atoms with Gasteiger partial charge in [-0.25, -0.2) is 0 Å². The molecule has 0 atom stereocenters. The fraction of sp³-hybridized carbons (Fsp3) is 0.222. The molecule has 0 fully saturated rings. The van der Waals surface area contributed by atoms with E-state index in [1.54, 1.807) is 24.3 Å². The van der Waals surface area contributed by atoms with Crippen molar-refractivity contribution in [2.24, 2.45) is 0 Å². The normalized spacial score (nSPS) is 12.6. The quantitative estimate of drug-likeness (QED) is 0.360. The number of hydrogen-bond acceptors (Lipinski definition) is 8. The van der Waals surface area contributed by atoms with Crippen molar-refractivity contribution in [1.82, 2.24) is 0 Å². The minimum absolute atomic E-state index is 0.111. The van der Waals surface area contributed by atoms with Crippen molar-refractivity contribution in [1.29, 1.82) is 0 Å². The minimum Gasteiger partial charge on any atom is -0.395 e. The van der Waals surface area contributed by atoms with E-state index >= 15 is 0 Å². The van der Waals surface area contributed by atoms with Crippen molar-refractivity contribution in [3.63, 3.8) is 0 Å². The average molecular weight is 390 g/mol. The van der Waals surface area contributed by atoms with E-state index in [4.69, 9.17) is 10.2 Å². The highest BCUT2D eigenvalue weighted by Gasteiger charge is 2.34. The number of rotatable bonds is 6. The number of nitrogens with one attached hydrogen (secondary N) is 2. The van der Waals surface area contributed by atoms with Crippen molar-refractivity contribution in [3.8, 4) is 0 Å². The first-order valence-electron chi connectivity index (χ1n) is 8.00. The highest BCUT2D eigenvalue weighted by Crippen LogP contribution is 2.38. The molecule has 3 rings (SSSR count). The summed E-state index contributed by atoms with van der Waals surface area (Å²) in [6, 6.07) is 6.44. The van der Waals surface area contributed by atoms with E-state index in [0.29, 0.717) is 21.2 Å². The zero-order chi connectivity index (χ0) is 18.8. The molecule has 8 heteroatoms. The van der Waals surface area contributed by atoms with Crippen molar-refractivity contribution < 1.29 is 19.8 Å². The Kier molecular flexibility index (Phi) is 5.57. The predicted molar refractivity (Wildman–Crippen MR) is 105 cm³/mol. The Morgan fingerprint density at radius 3 is 1.46 bits per heavy atom. The zero-order valence-corrected chi connectivity index (χ0v) is 15.5. The van der Waals surface area contributed by atoms with Crippen LogP contribution in [0.2, 0.25) is 0 Å². The van der Waals surface area contributed by atoms with Gasteiger partial charge < -0.3 is 20.8 Å². The topological polar surface area (TPSA) is 98.7 Å². The molecule has 26 heavy (non-hydrogen) atoms. The van der Waals surface area contributed by atoms with Gasteiger partial charge in [0.05, 0.1) is 24.3 Å². The number of anilines is 2. The van der Waals surface area contributed by atoms with Gasteiger partial charge in [-0.2, -0.15) is 0 Å². The zero-order valence-electron chi connectivity index (χ0n) is 13.7. The number of aliphatic hydroxyl groups excluding tert-OH is 2. The predicted octanol–water partition coefficient (Wildman–Crippen LogP) is 1.85. The second-order valence-corrected chi connectivity index (χ2v) is 6.82. The molecule has 0 radical (unpaired) electrons. The first kappa shape index (κ1) is 18.8. The van der Waals surface area contributed by atoms with Crippen molar-refractivity contribution in [3.05, 3.63) is 46.5 Å². The van der Waals surface area contributed by atoms with E-state index in [2.05, 4.69) is 35.9 Å². The van der Waals surface area contributed by atoms with Crippen LogP contribution in [0.1, 0.15) is 31.8 Å². The summed E-state index contributed by atoms with van der Waals surface area (Å²) >= 11 is 8.64. The molecule has 136 valence electrons. The molecular formula is C18H18N2O4S2. The van der Waals surface area contributed by atoms with Crippen molar-refractivity contribution in [2.45, 2.75) is 9.79 Å². The first-order chi connectivity index (χ1) is 12.5. The van der Waals surface area contributed by atoms with Crippen molar-refractivity contribution >= 4 is 48.2 Å². The molecule has 0 aromatic heterocycles. The van der Waals surface area contributed by atoms with E-state index < -0.39 is 0 Å². The van der Waals surface area contributed by atoms with Crippen LogP contribution < -0.4 is 10.6 Å². The van der Waals surface area contributed by atoms with Gasteiger partial charge in [0, 0.05) is 45.4 Å². The molecule has 0 spiro atoms. The van der Waals surface area contributed by atoms with E-state index in [9.17, 15) is 9.59 Å². The number of ketones is 2. The molecular weight excluding hydrogens is 372 g/mol. The van der Waals surface area contributed by atoms with E-state index in [1.807, 2.05) is 0 Å². The van der Waals surface area contributed by atoms with Gasteiger partial charge in [-0.1, -0.05) is 0 Å². The Balaban J connectivity index is 2.20. The van der Waals surface area contributed by atoms with Crippen LogP contribution in [0.3, 0.4) is 0 Å². The summed E-state index contributed by atoms with van der Waals surface area (Å²) in [5, 5.41) is 24.1. The fourth-order valence-electron chi connectivity index (χ4n) is 3.03. The van der Waals surface area contributed by atoms with Crippen LogP contribution in [0.5, 0.6) is 0 Å². The van der Waals surface area contributed by atoms with Crippen LogP contribution in [-0.2, 0) is 0 Å². The van der Waals surface area contributed by atoms with Gasteiger partial charge in [0.25, 0.3) is 0 Å². The third kappa shape index (κ3) is 3.33. The molecule has 1 aliphatic rings. The summed E-state index contributed by atoms with van der Waals surface area (Å²) in [6.45, 7) is 0.266. The second-order valence-electron chi connectivity index (χ2n) is 5.79. The summed E-state index contributed by atoms with van der Waals surface area (Å²) in [7, 11) is 0. The van der Waals surface area contributed by atoms with Crippen molar-refractivity contribution in [2.75, 3.05) is 36.9 Å². The van der Waals surface area contributed by atoms with Gasteiger partial charge in [0.2, 0.25) is 0 Å². The number of carbonyl (C=O) groups excluding carboxylic acids is 2. The number of hydrogen-bond donors (Lipinski definition) is 6. The third-order valence-electron chi connectivity index (χ3n) is 4.04. The second kappa shape index (κ2) is 7.71. The van der Waals surface area contributed by atoms with Crippen LogP contribution in [0.25, 0.3) is 0 Å². The van der Waals surface area contributed by atoms with Gasteiger partial charge in [0.1, 0.15) is 0 Å². The molecule has 6 nitrogen and oxygen atoms in total. The summed E-state index contributed by atoms with van der Waals surface area (Å²) in [5.74, 6) is -0.599. The summed E-state index contributed by atoms with van der Waals surface area (Å²) in [5.41, 5.74) is 1.96.